The summed E-state index contributed by atoms with van der Waals surface area (Å²) in [6, 6.07) is 7.88. The summed E-state index contributed by atoms with van der Waals surface area (Å²) >= 11 is 3.53. The summed E-state index contributed by atoms with van der Waals surface area (Å²) in [7, 11) is 0. The smallest absolute Gasteiger partial charge is 0.246 e. The molecule has 1 fully saturated rings. The summed E-state index contributed by atoms with van der Waals surface area (Å²) in [4.78, 5) is 14.5. The van der Waals surface area contributed by atoms with E-state index in [4.69, 9.17) is 0 Å². The molecule has 3 nitrogen and oxygen atoms in total. The molecule has 98 valence electrons. The fourth-order valence-corrected chi connectivity index (χ4v) is 2.68. The van der Waals surface area contributed by atoms with Gasteiger partial charge < -0.3 is 10.2 Å². The van der Waals surface area contributed by atoms with E-state index in [9.17, 15) is 4.79 Å². The molecule has 4 heteroatoms. The summed E-state index contributed by atoms with van der Waals surface area (Å²) in [5.74, 6) is 0.557. The molecule has 1 atom stereocenters. The van der Waals surface area contributed by atoms with Gasteiger partial charge in [0.25, 0.3) is 0 Å². The van der Waals surface area contributed by atoms with E-state index in [2.05, 4.69) is 28.2 Å². The highest BCUT2D eigenvalue weighted by molar-refractivity contribution is 9.10. The zero-order valence-electron chi connectivity index (χ0n) is 11.0. The van der Waals surface area contributed by atoms with Gasteiger partial charge in [0.1, 0.15) is 0 Å². The Morgan fingerprint density at radius 1 is 1.39 bits per heavy atom. The molecule has 1 aromatic rings. The average Bonchev–Trinajstić information content (AvgIpc) is 2.42. The number of hydrogen-bond donors (Lipinski definition) is 1. The molecular weight excluding hydrogens is 292 g/mol. The van der Waals surface area contributed by atoms with Crippen LogP contribution in [-0.2, 0) is 4.79 Å². The quantitative estimate of drug-likeness (QED) is 0.865. The maximum Gasteiger partial charge on any atom is 0.246 e. The average molecular weight is 311 g/mol. The Kier molecular flexibility index (Phi) is 3.78. The number of nitrogens with zero attached hydrogens (tertiary/aromatic N) is 1. The summed E-state index contributed by atoms with van der Waals surface area (Å²) in [6.45, 7) is 7.65. The zero-order chi connectivity index (χ0) is 13.3. The minimum absolute atomic E-state index is 0.124. The van der Waals surface area contributed by atoms with Crippen LogP contribution in [0.5, 0.6) is 0 Å². The van der Waals surface area contributed by atoms with Gasteiger partial charge in [-0.15, -0.1) is 0 Å². The summed E-state index contributed by atoms with van der Waals surface area (Å²) < 4.78 is 0.961. The number of nitrogens with one attached hydrogen (secondary N) is 1. The Morgan fingerprint density at radius 2 is 2.06 bits per heavy atom. The summed E-state index contributed by atoms with van der Waals surface area (Å²) in [5.41, 5.74) is 0.436. The highest BCUT2D eigenvalue weighted by atomic mass is 79.9. The topological polar surface area (TPSA) is 32.3 Å². The van der Waals surface area contributed by atoms with Crippen molar-refractivity contribution in [3.8, 4) is 0 Å². The van der Waals surface area contributed by atoms with Gasteiger partial charge in [-0.1, -0.05) is 19.1 Å². The van der Waals surface area contributed by atoms with Gasteiger partial charge in [0.05, 0.1) is 11.2 Å². The molecule has 0 bridgehead atoms. The van der Waals surface area contributed by atoms with E-state index in [1.807, 2.05) is 43.0 Å². The van der Waals surface area contributed by atoms with Crippen molar-refractivity contribution in [1.82, 2.24) is 5.32 Å². The third-order valence-electron chi connectivity index (χ3n) is 3.31. The normalized spacial score (nSPS) is 23.9. The van der Waals surface area contributed by atoms with E-state index in [0.29, 0.717) is 5.92 Å². The van der Waals surface area contributed by atoms with E-state index in [0.717, 1.165) is 23.2 Å². The molecule has 1 aromatic carbocycles. The molecule has 1 unspecified atom stereocenters. The second-order valence-electron chi connectivity index (χ2n) is 5.48. The van der Waals surface area contributed by atoms with Crippen molar-refractivity contribution >= 4 is 27.5 Å². The van der Waals surface area contributed by atoms with Crippen molar-refractivity contribution in [3.63, 3.8) is 0 Å². The van der Waals surface area contributed by atoms with Crippen LogP contribution in [-0.4, -0.2) is 24.5 Å². The molecular formula is C14H19BrN2O. The molecule has 1 heterocycles. The number of carbonyl (C=O) groups is 1. The molecule has 0 saturated carbocycles. The van der Waals surface area contributed by atoms with E-state index >= 15 is 0 Å². The number of para-hydroxylation sites is 1. The van der Waals surface area contributed by atoms with Crippen molar-refractivity contribution in [2.45, 2.75) is 26.3 Å². The first-order valence-electron chi connectivity index (χ1n) is 6.23. The second-order valence-corrected chi connectivity index (χ2v) is 6.33. The number of benzene rings is 1. The van der Waals surface area contributed by atoms with Crippen LogP contribution in [0.25, 0.3) is 0 Å². The maximum absolute atomic E-state index is 12.6. The number of carbonyl (C=O) groups excluding carboxylic acids is 1. The first-order chi connectivity index (χ1) is 8.42. The van der Waals surface area contributed by atoms with Crippen LogP contribution in [0.3, 0.4) is 0 Å². The molecule has 2 rings (SSSR count). The number of rotatable bonds is 1. The van der Waals surface area contributed by atoms with Crippen molar-refractivity contribution in [2.75, 3.05) is 18.0 Å². The van der Waals surface area contributed by atoms with Crippen LogP contribution in [0.2, 0.25) is 0 Å². The number of hydrogen-bond acceptors (Lipinski definition) is 2. The van der Waals surface area contributed by atoms with Crippen molar-refractivity contribution in [2.24, 2.45) is 5.92 Å². The number of anilines is 1. The SMILES string of the molecule is CC1CNC(C)(C)C(=O)N(c2ccccc2Br)C1. The molecule has 0 aliphatic carbocycles. The van der Waals surface area contributed by atoms with Gasteiger partial charge in [-0.2, -0.15) is 0 Å². The monoisotopic (exact) mass is 310 g/mol. The van der Waals surface area contributed by atoms with Crippen LogP contribution in [0, 0.1) is 5.92 Å². The Hall–Kier alpha value is -0.870. The molecule has 1 aliphatic rings. The molecule has 18 heavy (non-hydrogen) atoms. The van der Waals surface area contributed by atoms with Crippen molar-refractivity contribution in [3.05, 3.63) is 28.7 Å². The molecule has 1 N–H and O–H groups in total. The van der Waals surface area contributed by atoms with Crippen LogP contribution >= 0.6 is 15.9 Å². The fraction of sp³-hybridized carbons (Fsp3) is 0.500. The van der Waals surface area contributed by atoms with Crippen LogP contribution in [0.4, 0.5) is 5.69 Å². The molecule has 1 aliphatic heterocycles. The van der Waals surface area contributed by atoms with Gasteiger partial charge in [0.15, 0.2) is 0 Å². The minimum Gasteiger partial charge on any atom is -0.309 e. The largest absolute Gasteiger partial charge is 0.309 e. The third-order valence-corrected chi connectivity index (χ3v) is 3.98. The van der Waals surface area contributed by atoms with E-state index in [-0.39, 0.29) is 5.91 Å². The predicted molar refractivity (Wildman–Crippen MR) is 77.7 cm³/mol. The minimum atomic E-state index is -0.514. The van der Waals surface area contributed by atoms with Crippen molar-refractivity contribution in [1.29, 1.82) is 0 Å². The molecule has 0 aromatic heterocycles. The Bertz CT molecular complexity index is 459. The van der Waals surface area contributed by atoms with Crippen LogP contribution in [0.15, 0.2) is 28.7 Å². The molecule has 1 saturated heterocycles. The Balaban J connectivity index is 2.41. The first-order valence-corrected chi connectivity index (χ1v) is 7.02. The van der Waals surface area contributed by atoms with Crippen LogP contribution < -0.4 is 10.2 Å². The van der Waals surface area contributed by atoms with Gasteiger partial charge in [-0.25, -0.2) is 0 Å². The number of halogens is 1. The fourth-order valence-electron chi connectivity index (χ4n) is 2.18. The van der Waals surface area contributed by atoms with E-state index in [1.54, 1.807) is 0 Å². The number of amides is 1. The Morgan fingerprint density at radius 3 is 2.72 bits per heavy atom. The third kappa shape index (κ3) is 2.59. The van der Waals surface area contributed by atoms with E-state index in [1.165, 1.54) is 0 Å². The van der Waals surface area contributed by atoms with Gasteiger partial charge in [-0.05, 0) is 47.8 Å². The maximum atomic E-state index is 12.6. The predicted octanol–water partition coefficient (Wildman–Crippen LogP) is 2.80. The second kappa shape index (κ2) is 5.02. The van der Waals surface area contributed by atoms with Gasteiger partial charge >= 0.3 is 0 Å². The van der Waals surface area contributed by atoms with E-state index < -0.39 is 5.54 Å². The molecule has 0 spiro atoms. The van der Waals surface area contributed by atoms with Crippen LogP contribution in [0.1, 0.15) is 20.8 Å². The molecule has 1 amide bonds. The van der Waals surface area contributed by atoms with Gasteiger partial charge in [0, 0.05) is 17.6 Å². The highest BCUT2D eigenvalue weighted by Gasteiger charge is 2.36. The zero-order valence-corrected chi connectivity index (χ0v) is 12.6. The lowest BCUT2D eigenvalue weighted by atomic mass is 10.0. The molecule has 0 radical (unpaired) electrons. The lowest BCUT2D eigenvalue weighted by Crippen LogP contribution is -2.51. The standard InChI is InChI=1S/C14H19BrN2O/c1-10-8-16-14(2,3)13(18)17(9-10)12-7-5-4-6-11(12)15/h4-7,10,16H,8-9H2,1-3H3. The van der Waals surface area contributed by atoms with Crippen molar-refractivity contribution < 1.29 is 4.79 Å². The Labute approximate surface area is 117 Å². The lowest BCUT2D eigenvalue weighted by molar-refractivity contribution is -0.123. The highest BCUT2D eigenvalue weighted by Crippen LogP contribution is 2.29. The van der Waals surface area contributed by atoms with Gasteiger partial charge in [-0.3, -0.25) is 4.79 Å². The summed E-state index contributed by atoms with van der Waals surface area (Å²) in [6.07, 6.45) is 0. The lowest BCUT2D eigenvalue weighted by Gasteiger charge is -2.30. The summed E-state index contributed by atoms with van der Waals surface area (Å²) in [5, 5.41) is 3.33. The first kappa shape index (κ1) is 13.6. The van der Waals surface area contributed by atoms with Gasteiger partial charge in [0.2, 0.25) is 5.91 Å².